The molecule has 0 N–H and O–H groups in total. The first-order valence-corrected chi connectivity index (χ1v) is 9.83. The van der Waals surface area contributed by atoms with Crippen molar-refractivity contribution in [1.82, 2.24) is 4.98 Å². The van der Waals surface area contributed by atoms with Gasteiger partial charge in [0.25, 0.3) is 0 Å². The van der Waals surface area contributed by atoms with Crippen LogP contribution in [-0.2, 0) is 11.0 Å². The third-order valence-electron chi connectivity index (χ3n) is 2.89. The van der Waals surface area contributed by atoms with E-state index in [9.17, 15) is 0 Å². The second-order valence-electron chi connectivity index (χ2n) is 5.11. The van der Waals surface area contributed by atoms with E-state index in [2.05, 4.69) is 66.8 Å². The predicted octanol–water partition coefficient (Wildman–Crippen LogP) is 4.27. The fourth-order valence-electron chi connectivity index (χ4n) is 0.813. The van der Waals surface area contributed by atoms with E-state index < -0.39 is 8.32 Å². The molecular weight excluding hydrogens is 337 g/mol. The maximum Gasteiger partial charge on any atom is 0.192 e. The standard InChI is InChI=1S/C10H18INOSSi/c1-10(2,3)15(4,5)13-6-9-12-8(11)7-14-9/h7H,6H2,1-5H3. The van der Waals surface area contributed by atoms with Crippen LogP contribution in [0.15, 0.2) is 5.38 Å². The smallest absolute Gasteiger partial charge is 0.192 e. The first-order chi connectivity index (χ1) is 6.72. The Morgan fingerprint density at radius 1 is 1.47 bits per heavy atom. The summed E-state index contributed by atoms with van der Waals surface area (Å²) in [6.45, 7) is 12.0. The maximum atomic E-state index is 6.08. The lowest BCUT2D eigenvalue weighted by atomic mass is 10.2. The zero-order chi connectivity index (χ0) is 11.7. The lowest BCUT2D eigenvalue weighted by molar-refractivity contribution is 0.275. The fourth-order valence-corrected chi connectivity index (χ4v) is 3.25. The van der Waals surface area contributed by atoms with Gasteiger partial charge in [-0.3, -0.25) is 0 Å². The molecule has 0 aliphatic rings. The summed E-state index contributed by atoms with van der Waals surface area (Å²) in [5.41, 5.74) is 0. The van der Waals surface area contributed by atoms with Crippen LogP contribution >= 0.6 is 33.9 Å². The van der Waals surface area contributed by atoms with Gasteiger partial charge in [0.2, 0.25) is 0 Å². The van der Waals surface area contributed by atoms with Crippen LogP contribution in [-0.4, -0.2) is 13.3 Å². The van der Waals surface area contributed by atoms with Crippen LogP contribution in [0.1, 0.15) is 25.8 Å². The first kappa shape index (κ1) is 13.6. The molecule has 0 amide bonds. The number of rotatable bonds is 3. The molecule has 0 unspecified atom stereocenters. The summed E-state index contributed by atoms with van der Waals surface area (Å²) in [6.07, 6.45) is 0. The van der Waals surface area contributed by atoms with Crippen molar-refractivity contribution < 1.29 is 4.43 Å². The number of nitrogens with zero attached hydrogens (tertiary/aromatic N) is 1. The summed E-state index contributed by atoms with van der Waals surface area (Å²) in [7, 11) is -1.61. The molecule has 0 bridgehead atoms. The highest BCUT2D eigenvalue weighted by Gasteiger charge is 2.37. The Morgan fingerprint density at radius 3 is 2.47 bits per heavy atom. The number of halogens is 1. The van der Waals surface area contributed by atoms with Crippen LogP contribution in [0.4, 0.5) is 0 Å². The molecule has 1 heterocycles. The van der Waals surface area contributed by atoms with Crippen LogP contribution in [0.2, 0.25) is 18.1 Å². The highest BCUT2D eigenvalue weighted by Crippen LogP contribution is 2.37. The van der Waals surface area contributed by atoms with Gasteiger partial charge >= 0.3 is 0 Å². The summed E-state index contributed by atoms with van der Waals surface area (Å²) < 4.78 is 7.14. The fraction of sp³-hybridized carbons (Fsp3) is 0.700. The van der Waals surface area contributed by atoms with Crippen molar-refractivity contribution in [3.8, 4) is 0 Å². The first-order valence-electron chi connectivity index (χ1n) is 4.96. The van der Waals surface area contributed by atoms with E-state index >= 15 is 0 Å². The van der Waals surface area contributed by atoms with Crippen molar-refractivity contribution in [2.24, 2.45) is 0 Å². The molecule has 0 saturated carbocycles. The highest BCUT2D eigenvalue weighted by atomic mass is 127. The summed E-state index contributed by atoms with van der Waals surface area (Å²) in [5.74, 6) is 0. The van der Waals surface area contributed by atoms with Crippen molar-refractivity contribution >= 4 is 42.2 Å². The van der Waals surface area contributed by atoms with E-state index in [4.69, 9.17) is 4.43 Å². The van der Waals surface area contributed by atoms with Gasteiger partial charge in [0.05, 0.1) is 6.61 Å². The van der Waals surface area contributed by atoms with Crippen molar-refractivity contribution in [2.75, 3.05) is 0 Å². The van der Waals surface area contributed by atoms with Gasteiger partial charge in [0, 0.05) is 5.38 Å². The Balaban J connectivity index is 2.57. The topological polar surface area (TPSA) is 22.1 Å². The molecule has 1 aromatic heterocycles. The summed E-state index contributed by atoms with van der Waals surface area (Å²) in [4.78, 5) is 4.40. The molecule has 5 heteroatoms. The van der Waals surface area contributed by atoms with Gasteiger partial charge in [0.15, 0.2) is 8.32 Å². The molecule has 0 fully saturated rings. The Bertz CT molecular complexity index is 332. The van der Waals surface area contributed by atoms with Gasteiger partial charge in [0.1, 0.15) is 8.71 Å². The van der Waals surface area contributed by atoms with Crippen LogP contribution < -0.4 is 0 Å². The number of hydrogen-bond acceptors (Lipinski definition) is 3. The molecule has 0 atom stereocenters. The normalized spacial score (nSPS) is 13.2. The van der Waals surface area contributed by atoms with Gasteiger partial charge in [-0.25, -0.2) is 4.98 Å². The van der Waals surface area contributed by atoms with Gasteiger partial charge in [-0.05, 0) is 40.7 Å². The second-order valence-corrected chi connectivity index (χ2v) is 12.0. The summed E-state index contributed by atoms with van der Waals surface area (Å²) in [6, 6.07) is 0. The quantitative estimate of drug-likeness (QED) is 0.597. The highest BCUT2D eigenvalue weighted by molar-refractivity contribution is 14.1. The van der Waals surface area contributed by atoms with E-state index in [-0.39, 0.29) is 5.04 Å². The molecule has 0 spiro atoms. The van der Waals surface area contributed by atoms with E-state index in [1.807, 2.05) is 0 Å². The molecule has 0 radical (unpaired) electrons. The summed E-state index contributed by atoms with van der Waals surface area (Å²) in [5, 5.41) is 3.42. The van der Waals surface area contributed by atoms with E-state index in [0.29, 0.717) is 6.61 Å². The van der Waals surface area contributed by atoms with E-state index in [1.165, 1.54) is 0 Å². The lowest BCUT2D eigenvalue weighted by Crippen LogP contribution is -2.40. The van der Waals surface area contributed by atoms with Crippen LogP contribution in [0, 0.1) is 3.70 Å². The van der Waals surface area contributed by atoms with Crippen molar-refractivity contribution in [3.63, 3.8) is 0 Å². The summed E-state index contributed by atoms with van der Waals surface area (Å²) >= 11 is 3.91. The minimum Gasteiger partial charge on any atom is -0.410 e. The Hall–Kier alpha value is 0.537. The minimum absolute atomic E-state index is 0.275. The third kappa shape index (κ3) is 3.79. The monoisotopic (exact) mass is 355 g/mol. The zero-order valence-corrected chi connectivity index (χ0v) is 13.9. The van der Waals surface area contributed by atoms with Gasteiger partial charge < -0.3 is 4.43 Å². The molecular formula is C10H18INOSSi. The Labute approximate surface area is 111 Å². The molecule has 1 rings (SSSR count). The minimum atomic E-state index is -1.61. The van der Waals surface area contributed by atoms with Gasteiger partial charge in [-0.15, -0.1) is 11.3 Å². The predicted molar refractivity (Wildman–Crippen MR) is 76.8 cm³/mol. The maximum absolute atomic E-state index is 6.08. The molecule has 0 aromatic carbocycles. The van der Waals surface area contributed by atoms with E-state index in [0.717, 1.165) is 8.71 Å². The third-order valence-corrected chi connectivity index (χ3v) is 9.16. The second kappa shape index (κ2) is 4.81. The molecule has 86 valence electrons. The van der Waals surface area contributed by atoms with Crippen molar-refractivity contribution in [2.45, 2.75) is 45.5 Å². The van der Waals surface area contributed by atoms with Crippen LogP contribution in [0.5, 0.6) is 0 Å². The average Bonchev–Trinajstić information content (AvgIpc) is 2.46. The molecule has 1 aromatic rings. The molecule has 0 saturated heterocycles. The number of hydrogen-bond donors (Lipinski definition) is 0. The average molecular weight is 355 g/mol. The van der Waals surface area contributed by atoms with Crippen LogP contribution in [0.25, 0.3) is 0 Å². The molecule has 2 nitrogen and oxygen atoms in total. The van der Waals surface area contributed by atoms with Crippen molar-refractivity contribution in [1.29, 1.82) is 0 Å². The number of thiazole rings is 1. The van der Waals surface area contributed by atoms with E-state index in [1.54, 1.807) is 11.3 Å². The number of aromatic nitrogens is 1. The van der Waals surface area contributed by atoms with Gasteiger partial charge in [-0.2, -0.15) is 0 Å². The molecule has 0 aliphatic heterocycles. The van der Waals surface area contributed by atoms with Crippen LogP contribution in [0.3, 0.4) is 0 Å². The largest absolute Gasteiger partial charge is 0.410 e. The molecule has 0 aliphatic carbocycles. The van der Waals surface area contributed by atoms with Crippen molar-refractivity contribution in [3.05, 3.63) is 14.1 Å². The lowest BCUT2D eigenvalue weighted by Gasteiger charge is -2.35. The molecule has 15 heavy (non-hydrogen) atoms. The Kier molecular flexibility index (Phi) is 4.36. The zero-order valence-electron chi connectivity index (χ0n) is 9.93. The SMILES string of the molecule is CC(C)(C)[Si](C)(C)OCc1nc(I)cs1. The van der Waals surface area contributed by atoms with Gasteiger partial charge in [-0.1, -0.05) is 20.8 Å². The Morgan fingerprint density at radius 2 is 2.07 bits per heavy atom.